The summed E-state index contributed by atoms with van der Waals surface area (Å²) < 4.78 is 8.62. The monoisotopic (exact) mass is 811 g/mol. The first-order valence-electron chi connectivity index (χ1n) is 16.4. The molecule has 0 saturated carbocycles. The second kappa shape index (κ2) is 16.0. The third-order valence-electron chi connectivity index (χ3n) is 8.68. The first kappa shape index (κ1) is 35.5. The molecule has 46 heavy (non-hydrogen) atoms. The van der Waals surface area contributed by atoms with Gasteiger partial charge in [0.25, 0.3) is 0 Å². The fourth-order valence-electron chi connectivity index (χ4n) is 6.04. The molecule has 6 aromatic rings. The summed E-state index contributed by atoms with van der Waals surface area (Å²) in [6, 6.07) is 25.0. The number of hydrogen-bond acceptors (Lipinski definition) is 5. The summed E-state index contributed by atoms with van der Waals surface area (Å²) in [4.78, 5) is 16.4. The Labute approximate surface area is 290 Å². The zero-order chi connectivity index (χ0) is 32.1. The van der Waals surface area contributed by atoms with E-state index in [-0.39, 0.29) is 43.5 Å². The maximum absolute atomic E-state index is 11.7. The Kier molecular flexibility index (Phi) is 12.4. The van der Waals surface area contributed by atoms with E-state index in [1.54, 1.807) is 11.3 Å². The average molecular weight is 811 g/mol. The van der Waals surface area contributed by atoms with Gasteiger partial charge < -0.3 is 9.52 Å². The van der Waals surface area contributed by atoms with Crippen LogP contribution in [0.4, 0.5) is 0 Å². The smallest absolute Gasteiger partial charge is 0.162 e. The van der Waals surface area contributed by atoms with Crippen molar-refractivity contribution < 1.29 is 34.4 Å². The molecule has 6 rings (SSSR count). The predicted octanol–water partition coefficient (Wildman–Crippen LogP) is 11.9. The van der Waals surface area contributed by atoms with E-state index >= 15 is 0 Å². The van der Waals surface area contributed by atoms with Crippen molar-refractivity contribution in [1.29, 1.82) is 0 Å². The fraction of sp³-hybridized carbons (Fsp3) is 0.350. The van der Waals surface area contributed by atoms with E-state index < -0.39 is 0 Å². The first-order valence-corrected chi connectivity index (χ1v) is 17.2. The Hall–Kier alpha value is -3.31. The van der Waals surface area contributed by atoms with Crippen LogP contribution in [0.15, 0.2) is 83.1 Å². The number of allylic oxidation sites excluding steroid dienone is 2. The second-order valence-corrected chi connectivity index (χ2v) is 13.4. The van der Waals surface area contributed by atoms with Crippen LogP contribution in [0.1, 0.15) is 72.8 Å². The third kappa shape index (κ3) is 7.79. The number of rotatable bonds is 10. The minimum Gasteiger partial charge on any atom is -0.512 e. The molecule has 1 N–H and O–H groups in total. The number of pyridine rings is 1. The van der Waals surface area contributed by atoms with Gasteiger partial charge in [-0.25, -0.2) is 0 Å². The number of carbonyl (C=O) groups is 1. The number of thiophene rings is 1. The Morgan fingerprint density at radius 2 is 1.65 bits per heavy atom. The van der Waals surface area contributed by atoms with Crippen LogP contribution in [0.2, 0.25) is 0 Å². The van der Waals surface area contributed by atoms with E-state index in [4.69, 9.17) is 9.40 Å². The van der Waals surface area contributed by atoms with Crippen molar-refractivity contribution in [3.8, 4) is 11.3 Å². The summed E-state index contributed by atoms with van der Waals surface area (Å²) in [6.07, 6.45) is 7.86. The van der Waals surface area contributed by atoms with E-state index in [1.165, 1.54) is 21.7 Å². The zero-order valence-corrected chi connectivity index (χ0v) is 30.9. The van der Waals surface area contributed by atoms with Gasteiger partial charge in [0, 0.05) is 65.4 Å². The summed E-state index contributed by atoms with van der Waals surface area (Å²) >= 11 is 1.77. The first-order chi connectivity index (χ1) is 21.8. The molecule has 3 aromatic carbocycles. The molecule has 0 amide bonds. The van der Waals surface area contributed by atoms with Gasteiger partial charge in [-0.15, -0.1) is 23.6 Å². The maximum atomic E-state index is 11.7. The summed E-state index contributed by atoms with van der Waals surface area (Å²) in [6.45, 7) is 12.6. The predicted molar refractivity (Wildman–Crippen MR) is 191 cm³/mol. The van der Waals surface area contributed by atoms with Crippen LogP contribution in [0.5, 0.6) is 0 Å². The number of aromatic nitrogens is 1. The number of nitrogens with zero attached hydrogens (tertiary/aromatic N) is 1. The maximum Gasteiger partial charge on any atom is 0.162 e. The van der Waals surface area contributed by atoms with E-state index in [0.717, 1.165) is 75.4 Å². The van der Waals surface area contributed by atoms with Crippen molar-refractivity contribution in [2.45, 2.75) is 73.6 Å². The number of aliphatic hydroxyl groups excluding tert-OH is 1. The molecule has 243 valence electrons. The molecule has 0 spiro atoms. The molecular formula is C40H44IrNO3S-. The molecule has 0 aliphatic carbocycles. The molecule has 0 unspecified atom stereocenters. The normalized spacial score (nSPS) is 12.0. The largest absolute Gasteiger partial charge is 0.512 e. The summed E-state index contributed by atoms with van der Waals surface area (Å²) in [7, 11) is 0. The average Bonchev–Trinajstić information content (AvgIpc) is 3.62. The van der Waals surface area contributed by atoms with Gasteiger partial charge >= 0.3 is 0 Å². The second-order valence-electron chi connectivity index (χ2n) is 12.3. The van der Waals surface area contributed by atoms with Crippen LogP contribution < -0.4 is 0 Å². The minimum absolute atomic E-state index is 0. The fourth-order valence-corrected chi connectivity index (χ4v) is 7.23. The van der Waals surface area contributed by atoms with Gasteiger partial charge in [-0.3, -0.25) is 9.78 Å². The van der Waals surface area contributed by atoms with Crippen molar-refractivity contribution in [3.63, 3.8) is 0 Å². The standard InChI is InChI=1S/C27H20NOS.C13H24O2.Ir/c1-16(2)11-17-7-8-23-20(12-17)14-24(29-23)21-9-10-28-26-22-13-18-5-3-4-6-19(18)15-25(22)30-27(21)26;1-5-10(6-2)12(14)9-13(15)11(7-3)8-4;/h3-10,12,14-16H,11H2,1-2H3;9-11,14H,5-8H2,1-4H3;/q-1;;/b;12-9-;. The Balaban J connectivity index is 0.000000259. The molecule has 0 aliphatic heterocycles. The van der Waals surface area contributed by atoms with Gasteiger partial charge in [0.2, 0.25) is 0 Å². The van der Waals surface area contributed by atoms with Gasteiger partial charge in [0.15, 0.2) is 5.78 Å². The van der Waals surface area contributed by atoms with Gasteiger partial charge in [-0.05, 0) is 72.6 Å². The summed E-state index contributed by atoms with van der Waals surface area (Å²) in [5.41, 5.74) is 4.38. The number of ketones is 1. The molecule has 0 aliphatic rings. The number of carbonyl (C=O) groups excluding carboxylic acids is 1. The van der Waals surface area contributed by atoms with Crippen LogP contribution in [0.3, 0.4) is 0 Å². The van der Waals surface area contributed by atoms with Crippen LogP contribution in [-0.2, 0) is 31.3 Å². The molecule has 4 nitrogen and oxygen atoms in total. The van der Waals surface area contributed by atoms with Crippen LogP contribution in [-0.4, -0.2) is 15.9 Å². The van der Waals surface area contributed by atoms with Gasteiger partial charge in [0.1, 0.15) is 11.3 Å². The number of furan rings is 1. The SMILES string of the molecule is CC(C)Cc1ccc2oc(-c3ccnc4c3sc3cc5ccccc5[c-]c34)cc2c1.CCC(CC)C(=O)/C=C(\O)C(CC)CC.[Ir]. The van der Waals surface area contributed by atoms with E-state index in [0.29, 0.717) is 5.92 Å². The van der Waals surface area contributed by atoms with Crippen molar-refractivity contribution in [3.05, 3.63) is 90.3 Å². The zero-order valence-electron chi connectivity index (χ0n) is 27.6. The number of fused-ring (bicyclic) bond motifs is 5. The summed E-state index contributed by atoms with van der Waals surface area (Å²) in [5, 5.41) is 14.3. The van der Waals surface area contributed by atoms with E-state index in [2.05, 4.69) is 80.6 Å². The van der Waals surface area contributed by atoms with Crippen molar-refractivity contribution >= 4 is 59.2 Å². The van der Waals surface area contributed by atoms with Crippen molar-refractivity contribution in [2.75, 3.05) is 0 Å². The van der Waals surface area contributed by atoms with E-state index in [9.17, 15) is 9.90 Å². The Bertz CT molecular complexity index is 1960. The minimum atomic E-state index is 0. The molecule has 0 atom stereocenters. The van der Waals surface area contributed by atoms with Crippen LogP contribution in [0.25, 0.3) is 53.4 Å². The topological polar surface area (TPSA) is 63.3 Å². The van der Waals surface area contributed by atoms with Gasteiger partial charge in [-0.1, -0.05) is 76.6 Å². The van der Waals surface area contributed by atoms with Crippen molar-refractivity contribution in [1.82, 2.24) is 4.98 Å². The number of hydrogen-bond donors (Lipinski definition) is 1. The third-order valence-corrected chi connectivity index (χ3v) is 9.84. The number of aliphatic hydroxyl groups is 1. The molecule has 0 saturated heterocycles. The van der Waals surface area contributed by atoms with Crippen molar-refractivity contribution in [2.24, 2.45) is 17.8 Å². The van der Waals surface area contributed by atoms with Gasteiger partial charge in [0.05, 0.1) is 5.76 Å². The molecule has 3 heterocycles. The quantitative estimate of drug-likeness (QED) is 0.0850. The number of benzene rings is 3. The Morgan fingerprint density at radius 1 is 0.935 bits per heavy atom. The van der Waals surface area contributed by atoms with Gasteiger partial charge in [-0.2, -0.15) is 11.3 Å². The Morgan fingerprint density at radius 3 is 2.35 bits per heavy atom. The molecule has 0 bridgehead atoms. The van der Waals surface area contributed by atoms with Crippen LogP contribution in [0, 0.1) is 23.8 Å². The summed E-state index contributed by atoms with van der Waals surface area (Å²) in [5.74, 6) is 2.08. The molecule has 3 aromatic heterocycles. The van der Waals surface area contributed by atoms with Crippen LogP contribution >= 0.6 is 11.3 Å². The van der Waals surface area contributed by atoms with E-state index in [1.807, 2.05) is 33.9 Å². The molecule has 6 heteroatoms. The molecular weight excluding hydrogens is 767 g/mol. The molecule has 0 fully saturated rings. The molecule has 1 radical (unpaired) electrons.